The van der Waals surface area contributed by atoms with Crippen LogP contribution in [0.3, 0.4) is 0 Å². The van der Waals surface area contributed by atoms with E-state index in [0.717, 1.165) is 54.3 Å². The fourth-order valence-corrected chi connectivity index (χ4v) is 11.0. The first-order valence-electron chi connectivity index (χ1n) is 24.3. The number of benzene rings is 3. The molecular weight excluding hydrogens is 883 g/mol. The molecule has 0 radical (unpaired) electrons. The lowest BCUT2D eigenvalue weighted by Crippen LogP contribution is -2.61. The van der Waals surface area contributed by atoms with Gasteiger partial charge in [-0.2, -0.15) is 0 Å². The maximum Gasteiger partial charge on any atom is 0.329 e. The number of primary amides is 1. The highest BCUT2D eigenvalue weighted by atomic mass is 16.3. The van der Waals surface area contributed by atoms with Crippen LogP contribution in [0, 0.1) is 11.8 Å². The molecule has 4 heterocycles. The summed E-state index contributed by atoms with van der Waals surface area (Å²) in [6, 6.07) is 20.0. The van der Waals surface area contributed by atoms with Crippen LogP contribution in [-0.4, -0.2) is 109 Å². The molecule has 18 heteroatoms. The monoisotopic (exact) mass is 945 g/mol. The molecule has 8 rings (SSSR count). The number of aromatic nitrogens is 2. The number of imide groups is 1. The minimum absolute atomic E-state index is 0.0192. The molecule has 3 aliphatic heterocycles. The summed E-state index contributed by atoms with van der Waals surface area (Å²) >= 11 is 0. The van der Waals surface area contributed by atoms with E-state index in [4.69, 9.17) is 5.73 Å². The van der Waals surface area contributed by atoms with Crippen molar-refractivity contribution < 1.29 is 38.7 Å². The molecule has 1 aromatic heterocycles. The Morgan fingerprint density at radius 3 is 2.14 bits per heavy atom. The van der Waals surface area contributed by atoms with Gasteiger partial charge in [0.2, 0.25) is 41.4 Å². The van der Waals surface area contributed by atoms with Gasteiger partial charge in [-0.15, -0.1) is 0 Å². The molecule has 3 saturated heterocycles. The molecule has 0 spiro atoms. The number of nitrogens with one attached hydrogen (secondary N) is 4. The molecule has 69 heavy (non-hydrogen) atoms. The third-order valence-electron chi connectivity index (χ3n) is 14.7. The molecule has 0 bridgehead atoms. The van der Waals surface area contributed by atoms with Gasteiger partial charge < -0.3 is 31.3 Å². The van der Waals surface area contributed by atoms with Crippen LogP contribution in [0.25, 0.3) is 11.0 Å². The molecule has 5 atom stereocenters. The van der Waals surface area contributed by atoms with Crippen LogP contribution >= 0.6 is 0 Å². The molecule has 7 amide bonds. The van der Waals surface area contributed by atoms with Crippen molar-refractivity contribution >= 4 is 52.4 Å². The lowest BCUT2D eigenvalue weighted by molar-refractivity contribution is -0.146. The Kier molecular flexibility index (Phi) is 15.4. The minimum atomic E-state index is -1.13. The number of carbonyl (C=O) groups excluding carboxylic acids is 7. The number of fused-ring (bicyclic) bond motifs is 2. The molecule has 4 fully saturated rings. The van der Waals surface area contributed by atoms with E-state index < -0.39 is 66.5 Å². The van der Waals surface area contributed by atoms with Crippen molar-refractivity contribution in [2.45, 2.75) is 120 Å². The topological polar surface area (TPSA) is 247 Å². The van der Waals surface area contributed by atoms with E-state index in [1.165, 1.54) is 4.57 Å². The Morgan fingerprint density at radius 2 is 1.49 bits per heavy atom. The number of nitrogens with two attached hydrogens (primary N) is 1. The average molecular weight is 946 g/mol. The summed E-state index contributed by atoms with van der Waals surface area (Å²) in [5.74, 6) is -2.40. The highest BCUT2D eigenvalue weighted by Gasteiger charge is 2.46. The number of aliphatic hydroxyl groups is 1. The zero-order valence-electron chi connectivity index (χ0n) is 39.0. The number of piperidine rings is 1. The standard InChI is InChI=1S/C51H63N9O9/c1-57-42-27-33(16-19-39(42)60(51(57)69)41-21-23-44(63)55-49(41)67)26-31-12-14-32(15-13-31)28-45(64)58-25-24-36-17-20-40(59(36)50(68)38(29-58)53-30-61)48(66)54-37(18-22-43(52)62)47(65)56-46(34-8-4-2-5-9-34)35-10-6-3-7-11-35/h2-11,16,19,27,31-32,36-38,40-41,46,53,61H,12-15,17-18,20-26,28-30H2,1H3,(H2,52,62)(H,54,66)(H,56,65)(H,55,63,67)/t31?,32?,36-,37+,38+,40+,41?/m1/s1. The van der Waals surface area contributed by atoms with Crippen LogP contribution in [-0.2, 0) is 47.0 Å². The quantitative estimate of drug-likeness (QED) is 0.0707. The van der Waals surface area contributed by atoms with Crippen molar-refractivity contribution in [3.8, 4) is 0 Å². The number of aryl methyl sites for hydroxylation is 1. The zero-order valence-corrected chi connectivity index (χ0v) is 39.0. The molecule has 1 unspecified atom stereocenters. The molecular formula is C51H63N9O9. The van der Waals surface area contributed by atoms with E-state index in [1.54, 1.807) is 21.4 Å². The highest BCUT2D eigenvalue weighted by molar-refractivity contribution is 6.00. The van der Waals surface area contributed by atoms with E-state index in [9.17, 15) is 43.5 Å². The van der Waals surface area contributed by atoms with E-state index in [0.29, 0.717) is 43.7 Å². The Labute approximate surface area is 400 Å². The van der Waals surface area contributed by atoms with Crippen molar-refractivity contribution in [3.05, 3.63) is 106 Å². The first kappa shape index (κ1) is 48.8. The van der Waals surface area contributed by atoms with Crippen molar-refractivity contribution in [1.29, 1.82) is 0 Å². The van der Waals surface area contributed by atoms with Gasteiger partial charge in [0.25, 0.3) is 0 Å². The van der Waals surface area contributed by atoms with Crippen molar-refractivity contribution in [3.63, 3.8) is 0 Å². The maximum absolute atomic E-state index is 14.4. The Balaban J connectivity index is 0.872. The predicted molar refractivity (Wildman–Crippen MR) is 254 cm³/mol. The largest absolute Gasteiger partial charge is 0.381 e. The molecule has 18 nitrogen and oxygen atoms in total. The van der Waals surface area contributed by atoms with Crippen LogP contribution in [0.4, 0.5) is 0 Å². The highest BCUT2D eigenvalue weighted by Crippen LogP contribution is 2.35. The Hall–Kier alpha value is -6.66. The van der Waals surface area contributed by atoms with Gasteiger partial charge in [0.1, 0.15) is 24.2 Å². The number of imidazole rings is 1. The van der Waals surface area contributed by atoms with Crippen LogP contribution < -0.4 is 32.7 Å². The summed E-state index contributed by atoms with van der Waals surface area (Å²) < 4.78 is 3.03. The summed E-state index contributed by atoms with van der Waals surface area (Å²) in [6.45, 7) is -0.141. The second-order valence-corrected chi connectivity index (χ2v) is 19.2. The molecule has 4 aliphatic rings. The summed E-state index contributed by atoms with van der Waals surface area (Å²) in [6.07, 6.45) is 6.22. The molecule has 7 N–H and O–H groups in total. The second kappa shape index (κ2) is 21.7. The third kappa shape index (κ3) is 11.1. The van der Waals surface area contributed by atoms with E-state index in [-0.39, 0.29) is 61.7 Å². The first-order chi connectivity index (χ1) is 33.3. The fourth-order valence-electron chi connectivity index (χ4n) is 11.0. The Bertz CT molecular complexity index is 2570. The van der Waals surface area contributed by atoms with Gasteiger partial charge in [-0.05, 0) is 105 Å². The summed E-state index contributed by atoms with van der Waals surface area (Å²) in [7, 11) is 1.69. The number of hydrogen-bond donors (Lipinski definition) is 6. The Morgan fingerprint density at radius 1 is 0.812 bits per heavy atom. The molecule has 3 aromatic carbocycles. The maximum atomic E-state index is 14.4. The number of amides is 7. The molecule has 1 aliphatic carbocycles. The van der Waals surface area contributed by atoms with Crippen molar-refractivity contribution in [1.82, 2.24) is 40.2 Å². The summed E-state index contributed by atoms with van der Waals surface area (Å²) in [5.41, 5.74) is 9.30. The third-order valence-corrected chi connectivity index (χ3v) is 14.7. The lowest BCUT2D eigenvalue weighted by Gasteiger charge is -2.39. The molecule has 366 valence electrons. The SMILES string of the molecule is Cn1c(=O)n(C2CCC(=O)NC2=O)c2ccc(CC3CCC(CC(=O)N4CC[C@H]5CC[C@@H](C(=O)N[C@@H](CCC(N)=O)C(=O)NC(c6ccccc6)c6ccccc6)N5C(=O)[C@@H](NCO)C4)CC3)cc21. The van der Waals surface area contributed by atoms with Gasteiger partial charge in [-0.25, -0.2) is 4.79 Å². The number of nitrogens with zero attached hydrogens (tertiary/aromatic N) is 4. The van der Waals surface area contributed by atoms with Gasteiger partial charge in [-0.1, -0.05) is 66.7 Å². The number of aliphatic hydroxyl groups excluding tert-OH is 1. The van der Waals surface area contributed by atoms with Gasteiger partial charge in [0, 0.05) is 45.4 Å². The van der Waals surface area contributed by atoms with Crippen LogP contribution in [0.15, 0.2) is 83.7 Å². The van der Waals surface area contributed by atoms with Gasteiger partial charge >= 0.3 is 5.69 Å². The van der Waals surface area contributed by atoms with E-state index in [1.807, 2.05) is 78.9 Å². The predicted octanol–water partition coefficient (Wildman–Crippen LogP) is 2.21. The number of carbonyl (C=O) groups is 7. The second-order valence-electron chi connectivity index (χ2n) is 19.2. The van der Waals surface area contributed by atoms with Gasteiger partial charge in [-0.3, -0.25) is 53.3 Å². The molecule has 1 saturated carbocycles. The van der Waals surface area contributed by atoms with Crippen LogP contribution in [0.5, 0.6) is 0 Å². The first-order valence-corrected chi connectivity index (χ1v) is 24.3. The van der Waals surface area contributed by atoms with Gasteiger partial charge in [0.05, 0.1) is 23.8 Å². The fraction of sp³-hybridized carbons (Fsp3) is 0.490. The normalized spacial score (nSPS) is 23.5. The van der Waals surface area contributed by atoms with Crippen molar-refractivity contribution in [2.75, 3.05) is 19.8 Å². The average Bonchev–Trinajstić information content (AvgIpc) is 3.87. The number of rotatable bonds is 16. The zero-order chi connectivity index (χ0) is 48.8. The smallest absolute Gasteiger partial charge is 0.329 e. The summed E-state index contributed by atoms with van der Waals surface area (Å²) in [5, 5.41) is 21.1. The lowest BCUT2D eigenvalue weighted by atomic mass is 9.78. The van der Waals surface area contributed by atoms with E-state index >= 15 is 0 Å². The van der Waals surface area contributed by atoms with Crippen LogP contribution in [0.2, 0.25) is 0 Å². The number of hydrogen-bond acceptors (Lipinski definition) is 10. The van der Waals surface area contributed by atoms with Gasteiger partial charge in [0.15, 0.2) is 0 Å². The van der Waals surface area contributed by atoms with E-state index in [2.05, 4.69) is 21.3 Å². The summed E-state index contributed by atoms with van der Waals surface area (Å²) in [4.78, 5) is 110. The minimum Gasteiger partial charge on any atom is -0.381 e. The van der Waals surface area contributed by atoms with Crippen molar-refractivity contribution in [2.24, 2.45) is 24.6 Å². The molecule has 4 aromatic rings. The van der Waals surface area contributed by atoms with Crippen LogP contribution in [0.1, 0.15) is 106 Å².